The highest BCUT2D eigenvalue weighted by atomic mass is 32.1. The Labute approximate surface area is 199 Å². The molecule has 1 amide bonds. The van der Waals surface area contributed by atoms with Gasteiger partial charge in [-0.25, -0.2) is 0 Å². The zero-order valence-corrected chi connectivity index (χ0v) is 19.8. The lowest BCUT2D eigenvalue weighted by Gasteiger charge is -2.23. The van der Waals surface area contributed by atoms with Crippen molar-refractivity contribution in [2.75, 3.05) is 18.6 Å². The highest BCUT2D eigenvalue weighted by molar-refractivity contribution is 7.13. The Balaban J connectivity index is 1.65. The number of benzene rings is 2. The summed E-state index contributed by atoms with van der Waals surface area (Å²) in [5.74, 6) is 1.21. The highest BCUT2D eigenvalue weighted by Gasteiger charge is 2.45. The van der Waals surface area contributed by atoms with Gasteiger partial charge in [0.15, 0.2) is 16.9 Å². The van der Waals surface area contributed by atoms with E-state index in [0.29, 0.717) is 45.7 Å². The van der Waals surface area contributed by atoms with Gasteiger partial charge >= 0.3 is 0 Å². The van der Waals surface area contributed by atoms with Crippen LogP contribution in [0.5, 0.6) is 11.5 Å². The lowest BCUT2D eigenvalue weighted by atomic mass is 9.98. The fourth-order valence-electron chi connectivity index (χ4n) is 4.08. The molecule has 9 heteroatoms. The summed E-state index contributed by atoms with van der Waals surface area (Å²) in [7, 11) is 1.56. The topological polar surface area (TPSA) is 94.8 Å². The van der Waals surface area contributed by atoms with Crippen LogP contribution in [0, 0.1) is 5.92 Å². The van der Waals surface area contributed by atoms with E-state index in [1.807, 2.05) is 6.07 Å². The molecule has 0 unspecified atom stereocenters. The van der Waals surface area contributed by atoms with Crippen molar-refractivity contribution in [1.82, 2.24) is 10.2 Å². The van der Waals surface area contributed by atoms with Gasteiger partial charge in [-0.15, -0.1) is 10.2 Å². The molecule has 3 heterocycles. The van der Waals surface area contributed by atoms with Crippen molar-refractivity contribution in [3.05, 3.63) is 75.1 Å². The van der Waals surface area contributed by atoms with Crippen LogP contribution in [-0.2, 0) is 0 Å². The van der Waals surface area contributed by atoms with Crippen molar-refractivity contribution in [1.29, 1.82) is 0 Å². The molecule has 0 saturated heterocycles. The van der Waals surface area contributed by atoms with Gasteiger partial charge in [0.05, 0.1) is 30.7 Å². The van der Waals surface area contributed by atoms with Crippen LogP contribution in [0.3, 0.4) is 0 Å². The summed E-state index contributed by atoms with van der Waals surface area (Å²) < 4.78 is 17.5. The first-order valence-corrected chi connectivity index (χ1v) is 11.8. The van der Waals surface area contributed by atoms with Gasteiger partial charge in [0.25, 0.3) is 5.91 Å². The average Bonchev–Trinajstić information content (AvgIpc) is 3.46. The summed E-state index contributed by atoms with van der Waals surface area (Å²) >= 11 is 1.21. The van der Waals surface area contributed by atoms with Crippen molar-refractivity contribution in [2.45, 2.75) is 26.3 Å². The van der Waals surface area contributed by atoms with E-state index in [1.165, 1.54) is 16.2 Å². The number of para-hydroxylation sites is 1. The number of hydrogen-bond donors (Lipinski definition) is 0. The highest BCUT2D eigenvalue weighted by Crippen LogP contribution is 2.43. The number of anilines is 1. The van der Waals surface area contributed by atoms with Crippen LogP contribution in [0.1, 0.15) is 48.0 Å². The number of hydrogen-bond acceptors (Lipinski definition) is 8. The molecule has 0 radical (unpaired) electrons. The molecule has 2 aromatic carbocycles. The Morgan fingerprint density at radius 2 is 1.97 bits per heavy atom. The molecule has 4 aromatic rings. The van der Waals surface area contributed by atoms with Crippen LogP contribution >= 0.6 is 11.3 Å². The quantitative estimate of drug-likeness (QED) is 0.376. The molecule has 0 fully saturated rings. The van der Waals surface area contributed by atoms with E-state index in [1.54, 1.807) is 49.0 Å². The Morgan fingerprint density at radius 1 is 1.15 bits per heavy atom. The van der Waals surface area contributed by atoms with Crippen molar-refractivity contribution in [3.8, 4) is 11.5 Å². The minimum Gasteiger partial charge on any atom is -0.493 e. The first kappa shape index (κ1) is 22.1. The van der Waals surface area contributed by atoms with E-state index < -0.39 is 11.9 Å². The van der Waals surface area contributed by atoms with Gasteiger partial charge in [0.2, 0.25) is 10.9 Å². The van der Waals surface area contributed by atoms with E-state index in [9.17, 15) is 9.59 Å². The van der Waals surface area contributed by atoms with Crippen LogP contribution < -0.4 is 19.8 Å². The molecule has 1 aliphatic heterocycles. The Bertz CT molecular complexity index is 1410. The smallest absolute Gasteiger partial charge is 0.297 e. The first-order chi connectivity index (χ1) is 16.5. The van der Waals surface area contributed by atoms with Crippen LogP contribution in [0.2, 0.25) is 0 Å². The summed E-state index contributed by atoms with van der Waals surface area (Å²) in [4.78, 5) is 28.5. The molecule has 0 aliphatic carbocycles. The van der Waals surface area contributed by atoms with E-state index in [4.69, 9.17) is 13.9 Å². The second-order valence-electron chi connectivity index (χ2n) is 8.41. The van der Waals surface area contributed by atoms with Crippen molar-refractivity contribution >= 4 is 33.3 Å². The standard InChI is InChI=1S/C25H23N3O5S/c1-14(2)10-11-32-18-9-8-15(12-19(18)31-3)21-20-22(29)16-6-4-5-7-17(16)33-23(20)24(30)28(21)25-27-26-13-34-25/h4-9,12-14,21H,10-11H2,1-3H3/t21-/m1/s1. The van der Waals surface area contributed by atoms with Crippen LogP contribution in [0.25, 0.3) is 11.0 Å². The van der Waals surface area contributed by atoms with E-state index >= 15 is 0 Å². The number of carbonyl (C=O) groups is 1. The number of amides is 1. The van der Waals surface area contributed by atoms with Gasteiger partial charge < -0.3 is 13.9 Å². The zero-order chi connectivity index (χ0) is 23.8. The van der Waals surface area contributed by atoms with Gasteiger partial charge in [0.1, 0.15) is 11.1 Å². The van der Waals surface area contributed by atoms with Crippen LogP contribution in [0.4, 0.5) is 5.13 Å². The maximum absolute atomic E-state index is 13.6. The summed E-state index contributed by atoms with van der Waals surface area (Å²) in [6, 6.07) is 11.6. The van der Waals surface area contributed by atoms with Crippen molar-refractivity contribution < 1.29 is 18.7 Å². The fraction of sp³-hybridized carbons (Fsp3) is 0.280. The Kier molecular flexibility index (Phi) is 5.79. The molecule has 34 heavy (non-hydrogen) atoms. The molecule has 0 N–H and O–H groups in total. The van der Waals surface area contributed by atoms with Gasteiger partial charge in [-0.2, -0.15) is 0 Å². The molecule has 8 nitrogen and oxygen atoms in total. The molecule has 2 aromatic heterocycles. The number of carbonyl (C=O) groups excluding carboxylic acids is 1. The van der Waals surface area contributed by atoms with Gasteiger partial charge in [-0.3, -0.25) is 14.5 Å². The lowest BCUT2D eigenvalue weighted by Crippen LogP contribution is -2.29. The van der Waals surface area contributed by atoms with E-state index in [0.717, 1.165) is 6.42 Å². The third kappa shape index (κ3) is 3.71. The number of rotatable bonds is 7. The summed E-state index contributed by atoms with van der Waals surface area (Å²) in [6.45, 7) is 4.83. The van der Waals surface area contributed by atoms with Crippen molar-refractivity contribution in [2.24, 2.45) is 5.92 Å². The number of aromatic nitrogens is 2. The third-order valence-corrected chi connectivity index (χ3v) is 6.48. The Morgan fingerprint density at radius 3 is 2.71 bits per heavy atom. The van der Waals surface area contributed by atoms with Crippen molar-refractivity contribution in [3.63, 3.8) is 0 Å². The maximum atomic E-state index is 13.6. The van der Waals surface area contributed by atoms with E-state index in [-0.39, 0.29) is 16.8 Å². The molecule has 5 rings (SSSR count). The normalized spacial score (nSPS) is 15.2. The first-order valence-electron chi connectivity index (χ1n) is 11.0. The number of ether oxygens (including phenoxy) is 2. The fourth-order valence-corrected chi connectivity index (χ4v) is 4.67. The zero-order valence-electron chi connectivity index (χ0n) is 19.0. The molecule has 0 saturated carbocycles. The molecule has 1 atom stereocenters. The number of fused-ring (bicyclic) bond motifs is 2. The summed E-state index contributed by atoms with van der Waals surface area (Å²) in [5, 5.41) is 8.78. The largest absolute Gasteiger partial charge is 0.493 e. The molecule has 0 bridgehead atoms. The molecule has 0 spiro atoms. The van der Waals surface area contributed by atoms with Gasteiger partial charge in [-0.05, 0) is 42.2 Å². The molecule has 174 valence electrons. The molecular formula is C25H23N3O5S. The van der Waals surface area contributed by atoms with E-state index in [2.05, 4.69) is 24.0 Å². The second kappa shape index (κ2) is 8.90. The monoisotopic (exact) mass is 477 g/mol. The lowest BCUT2D eigenvalue weighted by molar-refractivity contribution is 0.0970. The average molecular weight is 478 g/mol. The van der Waals surface area contributed by atoms with Gasteiger partial charge in [-0.1, -0.05) is 43.4 Å². The minimum atomic E-state index is -0.741. The SMILES string of the molecule is COc1cc([C@@H]2c3c(oc4ccccc4c3=O)C(=O)N2c2nncs2)ccc1OCCC(C)C. The van der Waals surface area contributed by atoms with Crippen LogP contribution in [-0.4, -0.2) is 29.8 Å². The van der Waals surface area contributed by atoms with Gasteiger partial charge in [0, 0.05) is 0 Å². The summed E-state index contributed by atoms with van der Waals surface area (Å²) in [6.07, 6.45) is 0.911. The minimum absolute atomic E-state index is 0.0140. The third-order valence-electron chi connectivity index (χ3n) is 5.79. The number of nitrogens with zero attached hydrogens (tertiary/aromatic N) is 3. The predicted molar refractivity (Wildman–Crippen MR) is 129 cm³/mol. The predicted octanol–water partition coefficient (Wildman–Crippen LogP) is 4.83. The van der Waals surface area contributed by atoms with Crippen LogP contribution in [0.15, 0.2) is 57.2 Å². The number of methoxy groups -OCH3 is 1. The molecule has 1 aliphatic rings. The second-order valence-corrected chi connectivity index (χ2v) is 9.22. The summed E-state index contributed by atoms with van der Waals surface area (Å²) in [5.41, 5.74) is 2.61. The maximum Gasteiger partial charge on any atom is 0.297 e. The Hall–Kier alpha value is -3.72. The molecular weight excluding hydrogens is 454 g/mol.